The standard InChI is InChI=1S/C21H18S/c1-2-8-16-13-19-17-11-6-7-12-20(17)22-21(19)14-18(16)15-9-4-3-5-10-15/h3-7,9-14H,2,8H2,1H3. The summed E-state index contributed by atoms with van der Waals surface area (Å²) in [6.07, 6.45) is 2.30. The highest BCUT2D eigenvalue weighted by Gasteiger charge is 2.11. The molecule has 0 bridgehead atoms. The van der Waals surface area contributed by atoms with Crippen LogP contribution in [0.2, 0.25) is 0 Å². The highest BCUT2D eigenvalue weighted by molar-refractivity contribution is 7.25. The van der Waals surface area contributed by atoms with E-state index in [-0.39, 0.29) is 0 Å². The molecule has 1 heteroatoms. The second kappa shape index (κ2) is 5.58. The second-order valence-corrected chi connectivity index (χ2v) is 6.80. The molecule has 4 aromatic rings. The number of aryl methyl sites for hydroxylation is 1. The van der Waals surface area contributed by atoms with Crippen LogP contribution in [0.15, 0.2) is 66.7 Å². The van der Waals surface area contributed by atoms with E-state index in [1.54, 1.807) is 0 Å². The smallest absolute Gasteiger partial charge is 0.0361 e. The lowest BCUT2D eigenvalue weighted by molar-refractivity contribution is 0.925. The average Bonchev–Trinajstić information content (AvgIpc) is 2.93. The molecule has 0 radical (unpaired) electrons. The Balaban J connectivity index is 2.03. The van der Waals surface area contributed by atoms with Crippen molar-refractivity contribution < 1.29 is 0 Å². The molecule has 0 unspecified atom stereocenters. The lowest BCUT2D eigenvalue weighted by atomic mass is 9.95. The van der Waals surface area contributed by atoms with Crippen LogP contribution in [0.25, 0.3) is 31.3 Å². The molecule has 0 spiro atoms. The number of hydrogen-bond acceptors (Lipinski definition) is 1. The molecule has 0 aliphatic heterocycles. The van der Waals surface area contributed by atoms with E-state index >= 15 is 0 Å². The zero-order chi connectivity index (χ0) is 14.9. The zero-order valence-corrected chi connectivity index (χ0v) is 13.5. The molecule has 0 aliphatic carbocycles. The van der Waals surface area contributed by atoms with Crippen molar-refractivity contribution in [2.24, 2.45) is 0 Å². The van der Waals surface area contributed by atoms with Gasteiger partial charge in [0.15, 0.2) is 0 Å². The molecule has 3 aromatic carbocycles. The fraction of sp³-hybridized carbons (Fsp3) is 0.143. The normalized spacial score (nSPS) is 11.3. The van der Waals surface area contributed by atoms with E-state index in [2.05, 4.69) is 73.7 Å². The van der Waals surface area contributed by atoms with Crippen molar-refractivity contribution in [2.75, 3.05) is 0 Å². The first-order valence-corrected chi connectivity index (χ1v) is 8.68. The minimum Gasteiger partial charge on any atom is -0.135 e. The first-order valence-electron chi connectivity index (χ1n) is 7.86. The summed E-state index contributed by atoms with van der Waals surface area (Å²) < 4.78 is 2.77. The SMILES string of the molecule is CCCc1cc2c(cc1-c1ccccc1)sc1ccccc12. The third-order valence-corrected chi connectivity index (χ3v) is 5.34. The molecule has 0 aliphatic rings. The zero-order valence-electron chi connectivity index (χ0n) is 12.7. The fourth-order valence-electron chi connectivity index (χ4n) is 3.18. The van der Waals surface area contributed by atoms with E-state index in [4.69, 9.17) is 0 Å². The van der Waals surface area contributed by atoms with Crippen molar-refractivity contribution in [3.63, 3.8) is 0 Å². The highest BCUT2D eigenvalue weighted by Crippen LogP contribution is 2.38. The second-order valence-electron chi connectivity index (χ2n) is 5.72. The maximum Gasteiger partial charge on any atom is 0.0361 e. The van der Waals surface area contributed by atoms with Crippen LogP contribution in [0.4, 0.5) is 0 Å². The Labute approximate surface area is 135 Å². The first-order chi connectivity index (χ1) is 10.9. The molecule has 0 atom stereocenters. The summed E-state index contributed by atoms with van der Waals surface area (Å²) in [5, 5.41) is 2.79. The van der Waals surface area contributed by atoms with Gasteiger partial charge in [0.2, 0.25) is 0 Å². The van der Waals surface area contributed by atoms with Crippen molar-refractivity contribution >= 4 is 31.5 Å². The topological polar surface area (TPSA) is 0 Å². The van der Waals surface area contributed by atoms with Gasteiger partial charge in [-0.1, -0.05) is 61.9 Å². The summed E-state index contributed by atoms with van der Waals surface area (Å²) in [5.74, 6) is 0. The summed E-state index contributed by atoms with van der Waals surface area (Å²) in [7, 11) is 0. The molecule has 1 aromatic heterocycles. The Kier molecular flexibility index (Phi) is 3.44. The fourth-order valence-corrected chi connectivity index (χ4v) is 4.31. The number of thiophene rings is 1. The third kappa shape index (κ3) is 2.22. The summed E-state index contributed by atoms with van der Waals surface area (Å²) in [4.78, 5) is 0. The summed E-state index contributed by atoms with van der Waals surface area (Å²) in [6, 6.07) is 24.3. The van der Waals surface area contributed by atoms with Gasteiger partial charge in [-0.3, -0.25) is 0 Å². The quantitative estimate of drug-likeness (QED) is 0.396. The summed E-state index contributed by atoms with van der Waals surface area (Å²) in [5.41, 5.74) is 4.18. The van der Waals surface area contributed by atoms with Crippen LogP contribution in [0, 0.1) is 0 Å². The average molecular weight is 302 g/mol. The van der Waals surface area contributed by atoms with E-state index in [0.29, 0.717) is 0 Å². The monoisotopic (exact) mass is 302 g/mol. The van der Waals surface area contributed by atoms with Crippen molar-refractivity contribution in [3.8, 4) is 11.1 Å². The van der Waals surface area contributed by atoms with Crippen LogP contribution in [0.3, 0.4) is 0 Å². The lowest BCUT2D eigenvalue weighted by Crippen LogP contribution is -1.89. The minimum atomic E-state index is 1.13. The Morgan fingerprint density at radius 1 is 0.773 bits per heavy atom. The third-order valence-electron chi connectivity index (χ3n) is 4.21. The maximum absolute atomic E-state index is 2.42. The predicted molar refractivity (Wildman–Crippen MR) is 98.8 cm³/mol. The Bertz CT molecular complexity index is 932. The van der Waals surface area contributed by atoms with Crippen LogP contribution < -0.4 is 0 Å². The number of rotatable bonds is 3. The molecular weight excluding hydrogens is 284 g/mol. The van der Waals surface area contributed by atoms with Crippen LogP contribution in [-0.2, 0) is 6.42 Å². The minimum absolute atomic E-state index is 1.13. The molecule has 1 heterocycles. The summed E-state index contributed by atoms with van der Waals surface area (Å²) in [6.45, 7) is 2.25. The van der Waals surface area contributed by atoms with E-state index in [1.165, 1.54) is 43.3 Å². The summed E-state index contributed by atoms with van der Waals surface area (Å²) >= 11 is 1.90. The van der Waals surface area contributed by atoms with Crippen molar-refractivity contribution in [1.29, 1.82) is 0 Å². The molecule has 0 nitrogen and oxygen atoms in total. The van der Waals surface area contributed by atoms with Gasteiger partial charge in [-0.2, -0.15) is 0 Å². The van der Waals surface area contributed by atoms with Gasteiger partial charge >= 0.3 is 0 Å². The molecule has 0 amide bonds. The van der Waals surface area contributed by atoms with Crippen molar-refractivity contribution in [3.05, 3.63) is 72.3 Å². The molecule has 108 valence electrons. The Morgan fingerprint density at radius 3 is 2.36 bits per heavy atom. The number of fused-ring (bicyclic) bond motifs is 3. The van der Waals surface area contributed by atoms with E-state index < -0.39 is 0 Å². The molecule has 0 saturated heterocycles. The largest absolute Gasteiger partial charge is 0.135 e. The predicted octanol–water partition coefficient (Wildman–Crippen LogP) is 6.67. The highest BCUT2D eigenvalue weighted by atomic mass is 32.1. The van der Waals surface area contributed by atoms with Gasteiger partial charge in [-0.15, -0.1) is 11.3 Å². The van der Waals surface area contributed by atoms with E-state index in [0.717, 1.165) is 6.42 Å². The molecule has 4 rings (SSSR count). The van der Waals surface area contributed by atoms with Gasteiger partial charge in [0.25, 0.3) is 0 Å². The van der Waals surface area contributed by atoms with E-state index in [1.807, 2.05) is 11.3 Å². The lowest BCUT2D eigenvalue weighted by Gasteiger charge is -2.10. The van der Waals surface area contributed by atoms with Gasteiger partial charge in [0.05, 0.1) is 0 Å². The van der Waals surface area contributed by atoms with Gasteiger partial charge in [0.1, 0.15) is 0 Å². The maximum atomic E-state index is 2.42. The number of hydrogen-bond donors (Lipinski definition) is 0. The Hall–Kier alpha value is -2.12. The van der Waals surface area contributed by atoms with Crippen LogP contribution in [0.1, 0.15) is 18.9 Å². The van der Waals surface area contributed by atoms with E-state index in [9.17, 15) is 0 Å². The van der Waals surface area contributed by atoms with Gasteiger partial charge in [0, 0.05) is 20.2 Å². The van der Waals surface area contributed by atoms with Gasteiger partial charge in [-0.25, -0.2) is 0 Å². The van der Waals surface area contributed by atoms with Gasteiger partial charge in [-0.05, 0) is 41.3 Å². The number of benzene rings is 3. The molecule has 0 saturated carbocycles. The van der Waals surface area contributed by atoms with Crippen LogP contribution in [-0.4, -0.2) is 0 Å². The molecule has 0 N–H and O–H groups in total. The molecule has 22 heavy (non-hydrogen) atoms. The van der Waals surface area contributed by atoms with Crippen LogP contribution >= 0.6 is 11.3 Å². The molecule has 0 fully saturated rings. The van der Waals surface area contributed by atoms with Crippen LogP contribution in [0.5, 0.6) is 0 Å². The Morgan fingerprint density at radius 2 is 1.55 bits per heavy atom. The van der Waals surface area contributed by atoms with Gasteiger partial charge < -0.3 is 0 Å². The first kappa shape index (κ1) is 13.5. The molecular formula is C21H18S. The van der Waals surface area contributed by atoms with Crippen molar-refractivity contribution in [2.45, 2.75) is 19.8 Å². The van der Waals surface area contributed by atoms with Crippen molar-refractivity contribution in [1.82, 2.24) is 0 Å².